The maximum absolute atomic E-state index is 13.1. The van der Waals surface area contributed by atoms with E-state index in [9.17, 15) is 79.0 Å². The first-order valence-electron chi connectivity index (χ1n) is 5.90. The monoisotopic (exact) mass is 462 g/mol. The smallest absolute Gasteiger partial charge is 0.202 e. The first-order chi connectivity index (χ1) is 11.8. The molecule has 18 heteroatoms. The molecule has 0 atom stereocenters. The summed E-state index contributed by atoms with van der Waals surface area (Å²) in [5, 5.41) is 0. The van der Waals surface area contributed by atoms with Gasteiger partial charge in [-0.05, 0) is 0 Å². The van der Waals surface area contributed by atoms with Gasteiger partial charge in [-0.15, -0.1) is 0 Å². The molecular formula is C10F18. The summed E-state index contributed by atoms with van der Waals surface area (Å²) in [5.41, 5.74) is 0. The molecule has 0 nitrogen and oxygen atoms in total. The molecule has 0 bridgehead atoms. The maximum atomic E-state index is 13.1. The lowest BCUT2D eigenvalue weighted by Crippen LogP contribution is -2.75. The van der Waals surface area contributed by atoms with Crippen LogP contribution < -0.4 is 0 Å². The third-order valence-corrected chi connectivity index (χ3v) is 3.50. The predicted octanol–water partition coefficient (Wildman–Crippen LogP) is 6.23. The normalized spacial score (nSPS) is 34.5. The molecule has 0 heterocycles. The summed E-state index contributed by atoms with van der Waals surface area (Å²) < 4.78 is 235. The fourth-order valence-corrected chi connectivity index (χ4v) is 1.73. The molecule has 0 aromatic carbocycles. The van der Waals surface area contributed by atoms with Gasteiger partial charge in [0.25, 0.3) is 0 Å². The number of hydrogen-bond acceptors (Lipinski definition) is 0. The van der Waals surface area contributed by atoms with Crippen LogP contribution in [0, 0.1) is 0 Å². The van der Waals surface area contributed by atoms with Crippen LogP contribution in [-0.4, -0.2) is 47.4 Å². The molecular weight excluding hydrogens is 462 g/mol. The van der Waals surface area contributed by atoms with Gasteiger partial charge >= 0.3 is 47.4 Å². The van der Waals surface area contributed by atoms with Crippen LogP contribution in [0.3, 0.4) is 0 Å². The second kappa shape index (κ2) is 5.54. The van der Waals surface area contributed by atoms with Gasteiger partial charge in [-0.1, -0.05) is 0 Å². The van der Waals surface area contributed by atoms with E-state index in [2.05, 4.69) is 0 Å². The Balaban J connectivity index is 4.29. The summed E-state index contributed by atoms with van der Waals surface area (Å²) in [5.74, 6) is -77.2. The van der Waals surface area contributed by atoms with Crippen molar-refractivity contribution in [3.8, 4) is 0 Å². The zero-order valence-corrected chi connectivity index (χ0v) is 11.8. The van der Waals surface area contributed by atoms with Crippen molar-refractivity contribution in [3.63, 3.8) is 0 Å². The molecule has 166 valence electrons. The van der Waals surface area contributed by atoms with E-state index in [1.807, 2.05) is 0 Å². The van der Waals surface area contributed by atoms with Crippen LogP contribution in [0.25, 0.3) is 0 Å². The summed E-state index contributed by atoms with van der Waals surface area (Å²) in [6.45, 7) is 0. The van der Waals surface area contributed by atoms with Crippen molar-refractivity contribution < 1.29 is 79.0 Å². The predicted molar refractivity (Wildman–Crippen MR) is 48.8 cm³/mol. The highest BCUT2D eigenvalue weighted by Gasteiger charge is 2.96. The molecule has 0 amide bonds. The van der Waals surface area contributed by atoms with Crippen molar-refractivity contribution >= 4 is 0 Å². The van der Waals surface area contributed by atoms with E-state index < -0.39 is 59.0 Å². The fraction of sp³-hybridized carbons (Fsp3) is 0.800. The Bertz CT molecular complexity index is 622. The van der Waals surface area contributed by atoms with Gasteiger partial charge in [0.15, 0.2) is 0 Å². The zero-order chi connectivity index (χ0) is 23.2. The molecule has 1 rings (SSSR count). The highest BCUT2D eigenvalue weighted by Crippen LogP contribution is 2.66. The van der Waals surface area contributed by atoms with Gasteiger partial charge in [-0.2, -0.15) is 70.2 Å². The summed E-state index contributed by atoms with van der Waals surface area (Å²) in [4.78, 5) is 0. The Labute approximate surface area is 139 Å². The van der Waals surface area contributed by atoms with Crippen molar-refractivity contribution in [2.75, 3.05) is 0 Å². The average molecular weight is 462 g/mol. The topological polar surface area (TPSA) is 0 Å². The van der Waals surface area contributed by atoms with E-state index in [4.69, 9.17) is 0 Å². The van der Waals surface area contributed by atoms with Gasteiger partial charge in [0.2, 0.25) is 11.7 Å². The summed E-state index contributed by atoms with van der Waals surface area (Å²) in [7, 11) is 0. The molecule has 0 fully saturated rings. The SMILES string of the molecule is F/C1=C(\F)C(F)(F)C(F)(F)C(F)(F)C(F)(F)C(F)(F)C(F)(F)C(F)(F)C1(F)F. The largest absolute Gasteiger partial charge is 0.385 e. The van der Waals surface area contributed by atoms with Gasteiger partial charge in [-0.25, -0.2) is 8.78 Å². The number of allylic oxidation sites excluding steroid dienone is 2. The van der Waals surface area contributed by atoms with E-state index in [1.165, 1.54) is 0 Å². The van der Waals surface area contributed by atoms with Crippen LogP contribution >= 0.6 is 0 Å². The highest BCUT2D eigenvalue weighted by atomic mass is 19.4. The number of alkyl halides is 16. The van der Waals surface area contributed by atoms with Crippen LogP contribution in [0.4, 0.5) is 79.0 Å². The molecule has 0 unspecified atom stereocenters. The first kappa shape index (κ1) is 24.5. The molecule has 1 aliphatic rings. The van der Waals surface area contributed by atoms with Crippen molar-refractivity contribution in [3.05, 3.63) is 11.7 Å². The molecule has 0 aliphatic heterocycles. The molecule has 1 aliphatic carbocycles. The van der Waals surface area contributed by atoms with Gasteiger partial charge in [0.1, 0.15) is 0 Å². The third-order valence-electron chi connectivity index (χ3n) is 3.50. The van der Waals surface area contributed by atoms with E-state index in [0.29, 0.717) is 0 Å². The number of halogens is 18. The second-order valence-electron chi connectivity index (χ2n) is 5.22. The minimum absolute atomic E-state index is 5.29. The van der Waals surface area contributed by atoms with Crippen LogP contribution in [0.15, 0.2) is 11.7 Å². The lowest BCUT2D eigenvalue weighted by molar-refractivity contribution is -0.453. The molecule has 0 N–H and O–H groups in total. The lowest BCUT2D eigenvalue weighted by atomic mass is 9.85. The number of rotatable bonds is 0. The van der Waals surface area contributed by atoms with Gasteiger partial charge in [-0.3, -0.25) is 0 Å². The van der Waals surface area contributed by atoms with Crippen LogP contribution in [-0.2, 0) is 0 Å². The van der Waals surface area contributed by atoms with E-state index >= 15 is 0 Å². The van der Waals surface area contributed by atoms with E-state index in [0.717, 1.165) is 0 Å². The van der Waals surface area contributed by atoms with Gasteiger partial charge in [0, 0.05) is 0 Å². The minimum atomic E-state index is -8.62. The van der Waals surface area contributed by atoms with Crippen molar-refractivity contribution in [2.24, 2.45) is 0 Å². The van der Waals surface area contributed by atoms with Gasteiger partial charge < -0.3 is 0 Å². The van der Waals surface area contributed by atoms with Crippen molar-refractivity contribution in [1.29, 1.82) is 0 Å². The Morgan fingerprint density at radius 3 is 0.607 bits per heavy atom. The lowest BCUT2D eigenvalue weighted by Gasteiger charge is -2.44. The first-order valence-corrected chi connectivity index (χ1v) is 5.90. The van der Waals surface area contributed by atoms with Crippen molar-refractivity contribution in [2.45, 2.75) is 47.4 Å². The van der Waals surface area contributed by atoms with E-state index in [1.54, 1.807) is 0 Å². The number of hydrogen-bond donors (Lipinski definition) is 0. The highest BCUT2D eigenvalue weighted by molar-refractivity contribution is 5.29. The minimum Gasteiger partial charge on any atom is -0.202 e. The quantitative estimate of drug-likeness (QED) is 0.375. The Hall–Kier alpha value is -1.52. The Kier molecular flexibility index (Phi) is 4.85. The van der Waals surface area contributed by atoms with E-state index in [-0.39, 0.29) is 0 Å². The van der Waals surface area contributed by atoms with Crippen LogP contribution in [0.2, 0.25) is 0 Å². The van der Waals surface area contributed by atoms with Gasteiger partial charge in [0.05, 0.1) is 0 Å². The molecule has 0 spiro atoms. The zero-order valence-electron chi connectivity index (χ0n) is 11.8. The maximum Gasteiger partial charge on any atom is 0.385 e. The fourth-order valence-electron chi connectivity index (χ4n) is 1.73. The molecule has 28 heavy (non-hydrogen) atoms. The molecule has 0 radical (unpaired) electrons. The Morgan fingerprint density at radius 1 is 0.286 bits per heavy atom. The van der Waals surface area contributed by atoms with Crippen molar-refractivity contribution in [1.82, 2.24) is 0 Å². The second-order valence-corrected chi connectivity index (χ2v) is 5.22. The third kappa shape index (κ3) is 2.25. The summed E-state index contributed by atoms with van der Waals surface area (Å²) in [6, 6.07) is 0. The molecule has 0 aromatic heterocycles. The Morgan fingerprint density at radius 2 is 0.429 bits per heavy atom. The molecule has 0 saturated heterocycles. The van der Waals surface area contributed by atoms with Crippen LogP contribution in [0.1, 0.15) is 0 Å². The molecule has 0 saturated carbocycles. The summed E-state index contributed by atoms with van der Waals surface area (Å²) >= 11 is 0. The standard InChI is InChI=1S/C10F18/c11-1-2(12)4(15,16)6(19,20)8(23,24)10(27,28)9(25,26)7(21,22)5(17,18)3(1,13)14/b2-1-. The molecule has 0 aromatic rings. The summed E-state index contributed by atoms with van der Waals surface area (Å²) in [6.07, 6.45) is 0. The average Bonchev–Trinajstić information content (AvgIpc) is 2.50. The van der Waals surface area contributed by atoms with Crippen LogP contribution in [0.5, 0.6) is 0 Å².